The number of aromatic nitrogens is 1. The predicted molar refractivity (Wildman–Crippen MR) is 72.5 cm³/mol. The van der Waals surface area contributed by atoms with Gasteiger partial charge in [-0.25, -0.2) is 0 Å². The second-order valence-electron chi connectivity index (χ2n) is 4.88. The van der Waals surface area contributed by atoms with E-state index in [1.165, 1.54) is 49.0 Å². The summed E-state index contributed by atoms with van der Waals surface area (Å²) in [6, 6.07) is 8.73. The Hall–Kier alpha value is -1.57. The average Bonchev–Trinajstić information content (AvgIpc) is 2.40. The number of piperidine rings is 1. The van der Waals surface area contributed by atoms with E-state index in [-0.39, 0.29) is 0 Å². The zero-order valence-electron chi connectivity index (χ0n) is 10.3. The first kappa shape index (κ1) is 10.6. The van der Waals surface area contributed by atoms with Crippen LogP contribution in [-0.2, 0) is 0 Å². The van der Waals surface area contributed by atoms with Gasteiger partial charge in [-0.05, 0) is 56.0 Å². The van der Waals surface area contributed by atoms with E-state index in [4.69, 9.17) is 0 Å². The van der Waals surface area contributed by atoms with Gasteiger partial charge in [0.1, 0.15) is 0 Å². The van der Waals surface area contributed by atoms with Crippen LogP contribution in [0.1, 0.15) is 24.8 Å². The first-order valence-electron chi connectivity index (χ1n) is 6.45. The first-order chi connectivity index (χ1) is 8.34. The summed E-state index contributed by atoms with van der Waals surface area (Å²) in [5, 5.41) is 1.29. The van der Waals surface area contributed by atoms with Gasteiger partial charge in [-0.1, -0.05) is 0 Å². The minimum Gasteiger partial charge on any atom is -0.372 e. The smallest absolute Gasteiger partial charge is 0.0706 e. The summed E-state index contributed by atoms with van der Waals surface area (Å²) in [4.78, 5) is 6.91. The number of aryl methyl sites for hydroxylation is 1. The second-order valence-corrected chi connectivity index (χ2v) is 4.88. The van der Waals surface area contributed by atoms with Crippen LogP contribution in [0, 0.1) is 6.92 Å². The summed E-state index contributed by atoms with van der Waals surface area (Å²) in [7, 11) is 0. The van der Waals surface area contributed by atoms with Crippen LogP contribution >= 0.6 is 0 Å². The average molecular weight is 226 g/mol. The fourth-order valence-corrected chi connectivity index (χ4v) is 2.62. The van der Waals surface area contributed by atoms with E-state index in [9.17, 15) is 0 Å². The number of benzene rings is 1. The maximum atomic E-state index is 4.41. The Balaban J connectivity index is 2.03. The standard InChI is InChI=1S/C15H18N2/c1-12-7-8-16-15-6-5-13(11-14(12)15)17-9-3-2-4-10-17/h5-8,11H,2-4,9-10H2,1H3. The normalized spacial score (nSPS) is 16.4. The van der Waals surface area contributed by atoms with Crippen molar-refractivity contribution in [3.8, 4) is 0 Å². The molecule has 2 heteroatoms. The molecule has 1 aromatic heterocycles. The summed E-state index contributed by atoms with van der Waals surface area (Å²) in [6.07, 6.45) is 5.91. The van der Waals surface area contributed by atoms with Gasteiger partial charge in [0.05, 0.1) is 5.52 Å². The Morgan fingerprint density at radius 2 is 1.88 bits per heavy atom. The van der Waals surface area contributed by atoms with E-state index in [0.717, 1.165) is 5.52 Å². The number of rotatable bonds is 1. The molecule has 0 atom stereocenters. The van der Waals surface area contributed by atoms with Crippen LogP contribution in [-0.4, -0.2) is 18.1 Å². The second kappa shape index (κ2) is 4.36. The molecule has 1 aliphatic heterocycles. The summed E-state index contributed by atoms with van der Waals surface area (Å²) in [5.41, 5.74) is 3.77. The largest absolute Gasteiger partial charge is 0.372 e. The Morgan fingerprint density at radius 3 is 2.71 bits per heavy atom. The van der Waals surface area contributed by atoms with Gasteiger partial charge < -0.3 is 4.90 Å². The quantitative estimate of drug-likeness (QED) is 0.739. The van der Waals surface area contributed by atoms with Gasteiger partial charge in [0, 0.05) is 30.4 Å². The molecule has 2 heterocycles. The van der Waals surface area contributed by atoms with Crippen molar-refractivity contribution in [2.24, 2.45) is 0 Å². The number of hydrogen-bond acceptors (Lipinski definition) is 2. The summed E-state index contributed by atoms with van der Waals surface area (Å²) >= 11 is 0. The molecule has 88 valence electrons. The molecule has 3 rings (SSSR count). The van der Waals surface area contributed by atoms with E-state index < -0.39 is 0 Å². The van der Waals surface area contributed by atoms with Crippen molar-refractivity contribution >= 4 is 16.6 Å². The molecule has 0 N–H and O–H groups in total. The van der Waals surface area contributed by atoms with Crippen LogP contribution < -0.4 is 4.90 Å². The van der Waals surface area contributed by atoms with E-state index in [2.05, 4.69) is 41.1 Å². The van der Waals surface area contributed by atoms with Crippen molar-refractivity contribution in [3.05, 3.63) is 36.0 Å². The van der Waals surface area contributed by atoms with Crippen LogP contribution in [0.3, 0.4) is 0 Å². The molecule has 2 aromatic rings. The van der Waals surface area contributed by atoms with Crippen molar-refractivity contribution in [2.45, 2.75) is 26.2 Å². The Labute approximate surface area is 102 Å². The number of hydrogen-bond donors (Lipinski definition) is 0. The summed E-state index contributed by atoms with van der Waals surface area (Å²) in [5.74, 6) is 0. The Bertz CT molecular complexity index is 527. The lowest BCUT2D eigenvalue weighted by Gasteiger charge is -2.29. The molecule has 1 aliphatic rings. The van der Waals surface area contributed by atoms with E-state index in [1.807, 2.05) is 6.20 Å². The Kier molecular flexibility index (Phi) is 2.71. The molecule has 0 radical (unpaired) electrons. The van der Waals surface area contributed by atoms with Gasteiger partial charge in [0.2, 0.25) is 0 Å². The van der Waals surface area contributed by atoms with Gasteiger partial charge >= 0.3 is 0 Å². The lowest BCUT2D eigenvalue weighted by atomic mass is 10.1. The van der Waals surface area contributed by atoms with Gasteiger partial charge in [-0.2, -0.15) is 0 Å². The predicted octanol–water partition coefficient (Wildman–Crippen LogP) is 3.53. The third-order valence-corrected chi connectivity index (χ3v) is 3.66. The lowest BCUT2D eigenvalue weighted by Crippen LogP contribution is -2.29. The highest BCUT2D eigenvalue weighted by atomic mass is 15.1. The molecule has 17 heavy (non-hydrogen) atoms. The van der Waals surface area contributed by atoms with Crippen LogP contribution in [0.15, 0.2) is 30.5 Å². The van der Waals surface area contributed by atoms with Crippen LogP contribution in [0.25, 0.3) is 10.9 Å². The van der Waals surface area contributed by atoms with Gasteiger partial charge in [0.15, 0.2) is 0 Å². The highest BCUT2D eigenvalue weighted by Gasteiger charge is 2.11. The van der Waals surface area contributed by atoms with Gasteiger partial charge in [-0.3, -0.25) is 4.98 Å². The van der Waals surface area contributed by atoms with Crippen LogP contribution in [0.5, 0.6) is 0 Å². The van der Waals surface area contributed by atoms with E-state index in [1.54, 1.807) is 0 Å². The van der Waals surface area contributed by atoms with Crippen molar-refractivity contribution in [1.29, 1.82) is 0 Å². The van der Waals surface area contributed by atoms with Gasteiger partial charge in [-0.15, -0.1) is 0 Å². The van der Waals surface area contributed by atoms with Crippen molar-refractivity contribution in [1.82, 2.24) is 4.98 Å². The fraction of sp³-hybridized carbons (Fsp3) is 0.400. The van der Waals surface area contributed by atoms with Crippen molar-refractivity contribution < 1.29 is 0 Å². The SMILES string of the molecule is Cc1ccnc2ccc(N3CCCCC3)cc12. The highest BCUT2D eigenvalue weighted by molar-refractivity contribution is 5.85. The fourth-order valence-electron chi connectivity index (χ4n) is 2.62. The molecule has 1 fully saturated rings. The van der Waals surface area contributed by atoms with Crippen molar-refractivity contribution in [2.75, 3.05) is 18.0 Å². The minimum absolute atomic E-state index is 1.10. The van der Waals surface area contributed by atoms with E-state index in [0.29, 0.717) is 0 Å². The third-order valence-electron chi connectivity index (χ3n) is 3.66. The minimum atomic E-state index is 1.10. The summed E-state index contributed by atoms with van der Waals surface area (Å²) in [6.45, 7) is 4.56. The maximum Gasteiger partial charge on any atom is 0.0706 e. The zero-order chi connectivity index (χ0) is 11.7. The number of fused-ring (bicyclic) bond motifs is 1. The van der Waals surface area contributed by atoms with Crippen molar-refractivity contribution in [3.63, 3.8) is 0 Å². The molecule has 0 saturated carbocycles. The molecular formula is C15H18N2. The number of nitrogens with zero attached hydrogens (tertiary/aromatic N) is 2. The maximum absolute atomic E-state index is 4.41. The van der Waals surface area contributed by atoms with Crippen LogP contribution in [0.2, 0.25) is 0 Å². The highest BCUT2D eigenvalue weighted by Crippen LogP contribution is 2.25. The van der Waals surface area contributed by atoms with Crippen LogP contribution in [0.4, 0.5) is 5.69 Å². The third kappa shape index (κ3) is 1.99. The molecule has 0 bridgehead atoms. The molecule has 0 amide bonds. The number of anilines is 1. The molecule has 0 spiro atoms. The lowest BCUT2D eigenvalue weighted by molar-refractivity contribution is 0.578. The Morgan fingerprint density at radius 1 is 1.06 bits per heavy atom. The molecule has 0 unspecified atom stereocenters. The molecule has 2 nitrogen and oxygen atoms in total. The molecular weight excluding hydrogens is 208 g/mol. The zero-order valence-corrected chi connectivity index (χ0v) is 10.3. The molecule has 1 aromatic carbocycles. The topological polar surface area (TPSA) is 16.1 Å². The first-order valence-corrected chi connectivity index (χ1v) is 6.45. The monoisotopic (exact) mass is 226 g/mol. The molecule has 0 aliphatic carbocycles. The van der Waals surface area contributed by atoms with E-state index >= 15 is 0 Å². The van der Waals surface area contributed by atoms with Gasteiger partial charge in [0.25, 0.3) is 0 Å². The summed E-state index contributed by atoms with van der Waals surface area (Å²) < 4.78 is 0. The number of pyridine rings is 1. The molecule has 1 saturated heterocycles.